The van der Waals surface area contributed by atoms with Crippen LogP contribution in [0.2, 0.25) is 0 Å². The van der Waals surface area contributed by atoms with Gasteiger partial charge in [-0.2, -0.15) is 13.2 Å². The maximum Gasteiger partial charge on any atom is 0.485 e. The van der Waals surface area contributed by atoms with Crippen molar-refractivity contribution in [3.8, 4) is 0 Å². The third-order valence-corrected chi connectivity index (χ3v) is 3.32. The Kier molecular flexibility index (Phi) is 7.14. The normalized spacial score (nSPS) is 16.4. The van der Waals surface area contributed by atoms with Gasteiger partial charge in [-0.1, -0.05) is 20.8 Å². The molecule has 5 nitrogen and oxygen atoms in total. The lowest BCUT2D eigenvalue weighted by atomic mass is 9.90. The number of hydrogen-bond donors (Lipinski definition) is 0. The van der Waals surface area contributed by atoms with Crippen molar-refractivity contribution >= 4 is 16.5 Å². The highest BCUT2D eigenvalue weighted by atomic mass is 32.2. The summed E-state index contributed by atoms with van der Waals surface area (Å²) in [4.78, 5) is 2.42. The van der Waals surface area contributed by atoms with Crippen LogP contribution in [0.5, 0.6) is 0 Å². The summed E-state index contributed by atoms with van der Waals surface area (Å²) in [6, 6.07) is 0. The van der Waals surface area contributed by atoms with Crippen LogP contribution in [0.15, 0.2) is 0 Å². The van der Waals surface area contributed by atoms with Gasteiger partial charge in [0.1, 0.15) is 13.1 Å². The number of nitrogens with zero attached hydrogens (tertiary/aromatic N) is 2. The molecule has 1 aliphatic heterocycles. The van der Waals surface area contributed by atoms with Crippen molar-refractivity contribution < 1.29 is 30.7 Å². The topological polar surface area (TPSA) is 63.5 Å². The van der Waals surface area contributed by atoms with E-state index in [4.69, 9.17) is 13.0 Å². The summed E-state index contributed by atoms with van der Waals surface area (Å²) in [5.74, 6) is 0. The Morgan fingerprint density at radius 3 is 2.05 bits per heavy atom. The molecule has 0 aromatic heterocycles. The molecule has 0 aliphatic carbocycles. The average Bonchev–Trinajstić information content (AvgIpc) is 2.60. The lowest BCUT2D eigenvalue weighted by molar-refractivity contribution is -0.482. The predicted octanol–water partition coefficient (Wildman–Crippen LogP) is 1.85. The molecule has 0 atom stereocenters. The Balaban J connectivity index is 0.000000433. The number of hydrogen-bond acceptors (Lipinski definition) is 4. The lowest BCUT2D eigenvalue weighted by Crippen LogP contribution is -2.22. The average molecular weight is 332 g/mol. The van der Waals surface area contributed by atoms with Crippen LogP contribution in [0, 0.1) is 5.41 Å². The molecule has 1 aliphatic rings. The van der Waals surface area contributed by atoms with E-state index in [1.807, 2.05) is 0 Å². The second-order valence-electron chi connectivity index (χ2n) is 6.20. The first-order valence-electron chi connectivity index (χ1n) is 6.54. The first kappa shape index (κ1) is 20.2. The zero-order valence-electron chi connectivity index (χ0n) is 12.8. The third-order valence-electron chi connectivity index (χ3n) is 2.76. The van der Waals surface area contributed by atoms with Crippen LogP contribution in [-0.2, 0) is 10.1 Å². The van der Waals surface area contributed by atoms with Gasteiger partial charge in [0, 0.05) is 0 Å². The molecule has 9 heteroatoms. The van der Waals surface area contributed by atoms with Crippen molar-refractivity contribution in [1.82, 2.24) is 4.90 Å². The Labute approximate surface area is 124 Å². The SMILES string of the molecule is C[N+]1=CN(CCCC(C)(C)C)CC1.O=S(=O)([O-])C(F)(F)F. The summed E-state index contributed by atoms with van der Waals surface area (Å²) in [6.07, 6.45) is 4.87. The van der Waals surface area contributed by atoms with E-state index < -0.39 is 15.6 Å². The molecule has 1 rings (SSSR count). The van der Waals surface area contributed by atoms with Crippen LogP contribution in [0.4, 0.5) is 13.2 Å². The number of alkyl halides is 3. The van der Waals surface area contributed by atoms with Crippen LogP contribution in [0.25, 0.3) is 0 Å². The highest BCUT2D eigenvalue weighted by Gasteiger charge is 2.36. The van der Waals surface area contributed by atoms with E-state index >= 15 is 0 Å². The Morgan fingerprint density at radius 1 is 1.29 bits per heavy atom. The summed E-state index contributed by atoms with van der Waals surface area (Å²) >= 11 is 0. The van der Waals surface area contributed by atoms with E-state index in [0.29, 0.717) is 5.41 Å². The molecule has 0 bridgehead atoms. The van der Waals surface area contributed by atoms with E-state index in [1.54, 1.807) is 0 Å². The minimum atomic E-state index is -6.09. The second kappa shape index (κ2) is 7.44. The van der Waals surface area contributed by atoms with E-state index in [1.165, 1.54) is 32.5 Å². The number of halogens is 3. The Morgan fingerprint density at radius 2 is 1.76 bits per heavy atom. The van der Waals surface area contributed by atoms with Gasteiger partial charge in [-0.3, -0.25) is 9.48 Å². The van der Waals surface area contributed by atoms with Crippen molar-refractivity contribution in [2.75, 3.05) is 26.7 Å². The minimum absolute atomic E-state index is 0.492. The highest BCUT2D eigenvalue weighted by Crippen LogP contribution is 2.21. The summed E-state index contributed by atoms with van der Waals surface area (Å²) in [7, 11) is -3.95. The van der Waals surface area contributed by atoms with Crippen molar-refractivity contribution in [3.05, 3.63) is 0 Å². The van der Waals surface area contributed by atoms with E-state index in [-0.39, 0.29) is 0 Å². The van der Waals surface area contributed by atoms with E-state index in [0.717, 1.165) is 0 Å². The largest absolute Gasteiger partial charge is 0.741 e. The van der Waals surface area contributed by atoms with Gasteiger partial charge in [0.15, 0.2) is 10.1 Å². The van der Waals surface area contributed by atoms with Crippen LogP contribution < -0.4 is 0 Å². The molecule has 0 saturated heterocycles. The molecular formula is C12H23F3N2O3S. The standard InChI is InChI=1S/C11H23N2.CHF3O3S/c1-11(2,3)6-5-7-13-9-8-12(4)10-13;2-1(3,4)8(5,6)7/h10H,5-9H2,1-4H3;(H,5,6,7)/q+1;/p-1. The van der Waals surface area contributed by atoms with Crippen molar-refractivity contribution in [3.63, 3.8) is 0 Å². The molecule has 0 aromatic rings. The highest BCUT2D eigenvalue weighted by molar-refractivity contribution is 7.86. The smallest absolute Gasteiger partial charge is 0.485 e. The van der Waals surface area contributed by atoms with Crippen LogP contribution >= 0.6 is 0 Å². The molecule has 0 N–H and O–H groups in total. The van der Waals surface area contributed by atoms with Crippen molar-refractivity contribution in [2.45, 2.75) is 39.1 Å². The van der Waals surface area contributed by atoms with Gasteiger partial charge < -0.3 is 4.55 Å². The molecule has 21 heavy (non-hydrogen) atoms. The molecule has 0 radical (unpaired) electrons. The Bertz CT molecular complexity index is 453. The van der Waals surface area contributed by atoms with Gasteiger partial charge in [0.25, 0.3) is 0 Å². The predicted molar refractivity (Wildman–Crippen MR) is 73.1 cm³/mol. The quantitative estimate of drug-likeness (QED) is 0.449. The molecule has 126 valence electrons. The number of rotatable bonds is 3. The van der Waals surface area contributed by atoms with Gasteiger partial charge in [-0.15, -0.1) is 0 Å². The molecular weight excluding hydrogens is 309 g/mol. The van der Waals surface area contributed by atoms with Gasteiger partial charge in [0.2, 0.25) is 6.34 Å². The van der Waals surface area contributed by atoms with Crippen molar-refractivity contribution in [2.24, 2.45) is 5.41 Å². The van der Waals surface area contributed by atoms with Crippen LogP contribution in [0.1, 0.15) is 33.6 Å². The summed E-state index contributed by atoms with van der Waals surface area (Å²) in [5, 5.41) is 0. The summed E-state index contributed by atoms with van der Waals surface area (Å²) < 4.78 is 61.2. The zero-order valence-corrected chi connectivity index (χ0v) is 13.6. The minimum Gasteiger partial charge on any atom is -0.741 e. The Hall–Kier alpha value is -0.830. The first-order valence-corrected chi connectivity index (χ1v) is 7.95. The summed E-state index contributed by atoms with van der Waals surface area (Å²) in [6.45, 7) is 10.6. The van der Waals surface area contributed by atoms with Gasteiger partial charge in [0.05, 0.1) is 13.6 Å². The first-order chi connectivity index (χ1) is 9.22. The lowest BCUT2D eigenvalue weighted by Gasteiger charge is -2.18. The zero-order chi connectivity index (χ0) is 16.9. The van der Waals surface area contributed by atoms with Gasteiger partial charge in [-0.05, 0) is 18.3 Å². The second-order valence-corrected chi connectivity index (χ2v) is 7.57. The molecule has 0 fully saturated rings. The van der Waals surface area contributed by atoms with Gasteiger partial charge in [-0.25, -0.2) is 8.42 Å². The fourth-order valence-electron chi connectivity index (χ4n) is 1.66. The maximum atomic E-state index is 10.7. The number of likely N-dealkylation sites (N-methyl/N-ethyl adjacent to an activating group) is 1. The van der Waals surface area contributed by atoms with E-state index in [9.17, 15) is 13.2 Å². The van der Waals surface area contributed by atoms with E-state index in [2.05, 4.69) is 43.6 Å². The fraction of sp³-hybridized carbons (Fsp3) is 0.917. The summed E-state index contributed by atoms with van der Waals surface area (Å²) in [5.41, 5.74) is -5.15. The van der Waals surface area contributed by atoms with Crippen LogP contribution in [-0.4, -0.2) is 61.0 Å². The molecule has 0 amide bonds. The van der Waals surface area contributed by atoms with Crippen molar-refractivity contribution in [1.29, 1.82) is 0 Å². The molecule has 0 spiro atoms. The molecule has 1 heterocycles. The third kappa shape index (κ3) is 9.67. The fourth-order valence-corrected chi connectivity index (χ4v) is 1.66. The molecule has 0 unspecified atom stereocenters. The molecule has 0 saturated carbocycles. The molecule has 0 aromatic carbocycles. The van der Waals surface area contributed by atoms with Crippen LogP contribution in [0.3, 0.4) is 0 Å². The monoisotopic (exact) mass is 332 g/mol. The van der Waals surface area contributed by atoms with Gasteiger partial charge >= 0.3 is 5.51 Å². The maximum absolute atomic E-state index is 10.7.